The van der Waals surface area contributed by atoms with Gasteiger partial charge in [-0.05, 0) is 40.2 Å². The second kappa shape index (κ2) is 7.36. The molecule has 1 aromatic carbocycles. The lowest BCUT2D eigenvalue weighted by molar-refractivity contribution is 0.0951. The maximum Gasteiger partial charge on any atom is 0.252 e. The van der Waals surface area contributed by atoms with Gasteiger partial charge in [-0.2, -0.15) is 0 Å². The number of thiophene rings is 1. The van der Waals surface area contributed by atoms with Gasteiger partial charge in [0, 0.05) is 20.3 Å². The van der Waals surface area contributed by atoms with Crippen molar-refractivity contribution in [3.05, 3.63) is 55.9 Å². The van der Waals surface area contributed by atoms with E-state index in [1.807, 2.05) is 11.4 Å². The van der Waals surface area contributed by atoms with Crippen LogP contribution in [0.2, 0.25) is 0 Å². The van der Waals surface area contributed by atoms with Crippen molar-refractivity contribution in [2.45, 2.75) is 6.54 Å². The SMILES string of the molecule is NCC#Cc1cc(F)ccc1C(=O)NCc1cc(Br)cs1. The van der Waals surface area contributed by atoms with Crippen molar-refractivity contribution in [3.8, 4) is 11.8 Å². The Hall–Kier alpha value is -1.68. The molecule has 2 aromatic rings. The molecule has 0 saturated heterocycles. The molecule has 3 N–H and O–H groups in total. The molecular formula is C15H12BrFN2OS. The van der Waals surface area contributed by atoms with Gasteiger partial charge in [-0.1, -0.05) is 11.8 Å². The molecule has 0 radical (unpaired) electrons. The minimum atomic E-state index is -0.435. The summed E-state index contributed by atoms with van der Waals surface area (Å²) in [6.45, 7) is 0.566. The zero-order chi connectivity index (χ0) is 15.2. The normalized spacial score (nSPS) is 9.86. The summed E-state index contributed by atoms with van der Waals surface area (Å²) in [5.41, 5.74) is 5.99. The van der Waals surface area contributed by atoms with Crippen molar-refractivity contribution in [1.82, 2.24) is 5.32 Å². The van der Waals surface area contributed by atoms with E-state index in [1.165, 1.54) is 18.2 Å². The summed E-state index contributed by atoms with van der Waals surface area (Å²) in [4.78, 5) is 13.2. The average molecular weight is 367 g/mol. The van der Waals surface area contributed by atoms with Crippen LogP contribution in [-0.2, 0) is 6.54 Å². The van der Waals surface area contributed by atoms with Crippen molar-refractivity contribution in [3.63, 3.8) is 0 Å². The molecule has 0 saturated carbocycles. The van der Waals surface area contributed by atoms with Crippen LogP contribution in [0.3, 0.4) is 0 Å². The Morgan fingerprint density at radius 2 is 2.24 bits per heavy atom. The van der Waals surface area contributed by atoms with E-state index in [2.05, 4.69) is 33.1 Å². The van der Waals surface area contributed by atoms with Crippen LogP contribution in [-0.4, -0.2) is 12.5 Å². The maximum atomic E-state index is 13.3. The first-order chi connectivity index (χ1) is 10.1. The molecule has 0 aliphatic carbocycles. The molecular weight excluding hydrogens is 355 g/mol. The Kier molecular flexibility index (Phi) is 5.51. The van der Waals surface area contributed by atoms with Crippen molar-refractivity contribution < 1.29 is 9.18 Å². The third kappa shape index (κ3) is 4.39. The van der Waals surface area contributed by atoms with Crippen LogP contribution in [0, 0.1) is 17.7 Å². The minimum Gasteiger partial charge on any atom is -0.347 e. The molecule has 0 bridgehead atoms. The van der Waals surface area contributed by atoms with Crippen LogP contribution in [0.15, 0.2) is 34.1 Å². The zero-order valence-corrected chi connectivity index (χ0v) is 13.4. The molecule has 3 nitrogen and oxygen atoms in total. The molecule has 0 aliphatic heterocycles. The Balaban J connectivity index is 2.14. The number of carbonyl (C=O) groups is 1. The highest BCUT2D eigenvalue weighted by Crippen LogP contribution is 2.19. The average Bonchev–Trinajstić information content (AvgIpc) is 2.88. The predicted molar refractivity (Wildman–Crippen MR) is 85.5 cm³/mol. The molecule has 0 fully saturated rings. The highest BCUT2D eigenvalue weighted by molar-refractivity contribution is 9.10. The van der Waals surface area contributed by atoms with E-state index < -0.39 is 5.82 Å². The van der Waals surface area contributed by atoms with Gasteiger partial charge in [0.1, 0.15) is 5.82 Å². The van der Waals surface area contributed by atoms with E-state index in [0.717, 1.165) is 9.35 Å². The predicted octanol–water partition coefficient (Wildman–Crippen LogP) is 2.89. The van der Waals surface area contributed by atoms with Gasteiger partial charge >= 0.3 is 0 Å². The number of benzene rings is 1. The lowest BCUT2D eigenvalue weighted by atomic mass is 10.1. The van der Waals surface area contributed by atoms with Crippen LogP contribution >= 0.6 is 27.3 Å². The molecule has 1 aromatic heterocycles. The first-order valence-electron chi connectivity index (χ1n) is 6.09. The van der Waals surface area contributed by atoms with Gasteiger partial charge in [-0.15, -0.1) is 11.3 Å². The molecule has 0 atom stereocenters. The fraction of sp³-hybridized carbons (Fsp3) is 0.133. The van der Waals surface area contributed by atoms with Gasteiger partial charge in [0.05, 0.1) is 18.7 Å². The molecule has 0 spiro atoms. The summed E-state index contributed by atoms with van der Waals surface area (Å²) in [7, 11) is 0. The van der Waals surface area contributed by atoms with E-state index in [0.29, 0.717) is 17.7 Å². The van der Waals surface area contributed by atoms with Crippen LogP contribution in [0.25, 0.3) is 0 Å². The Bertz CT molecular complexity index is 718. The fourth-order valence-corrected chi connectivity index (χ4v) is 3.06. The largest absolute Gasteiger partial charge is 0.347 e. The Morgan fingerprint density at radius 1 is 1.43 bits per heavy atom. The van der Waals surface area contributed by atoms with Crippen LogP contribution in [0.1, 0.15) is 20.8 Å². The van der Waals surface area contributed by atoms with Crippen molar-refractivity contribution >= 4 is 33.2 Å². The highest BCUT2D eigenvalue weighted by atomic mass is 79.9. The number of carbonyl (C=O) groups excluding carboxylic acids is 1. The highest BCUT2D eigenvalue weighted by Gasteiger charge is 2.11. The Morgan fingerprint density at radius 3 is 2.90 bits per heavy atom. The summed E-state index contributed by atoms with van der Waals surface area (Å²) in [6.07, 6.45) is 0. The summed E-state index contributed by atoms with van der Waals surface area (Å²) < 4.78 is 14.2. The van der Waals surface area contributed by atoms with Crippen LogP contribution in [0.4, 0.5) is 4.39 Å². The molecule has 6 heteroatoms. The van der Waals surface area contributed by atoms with Crippen molar-refractivity contribution in [1.29, 1.82) is 0 Å². The van der Waals surface area contributed by atoms with Crippen molar-refractivity contribution in [2.24, 2.45) is 5.73 Å². The van der Waals surface area contributed by atoms with Gasteiger partial charge in [0.15, 0.2) is 0 Å². The van der Waals surface area contributed by atoms with Gasteiger partial charge in [0.25, 0.3) is 5.91 Å². The number of hydrogen-bond acceptors (Lipinski definition) is 3. The molecule has 2 rings (SSSR count). The van der Waals surface area contributed by atoms with Crippen LogP contribution in [0.5, 0.6) is 0 Å². The topological polar surface area (TPSA) is 55.1 Å². The zero-order valence-electron chi connectivity index (χ0n) is 11.0. The van der Waals surface area contributed by atoms with Crippen molar-refractivity contribution in [2.75, 3.05) is 6.54 Å². The molecule has 0 unspecified atom stereocenters. The summed E-state index contributed by atoms with van der Waals surface area (Å²) >= 11 is 4.90. The van der Waals surface area contributed by atoms with Gasteiger partial charge in [-0.25, -0.2) is 4.39 Å². The first kappa shape index (κ1) is 15.7. The second-order valence-electron chi connectivity index (χ2n) is 4.11. The van der Waals surface area contributed by atoms with Gasteiger partial charge in [0.2, 0.25) is 0 Å². The number of nitrogens with one attached hydrogen (secondary N) is 1. The number of nitrogens with two attached hydrogens (primary N) is 1. The summed E-state index contributed by atoms with van der Waals surface area (Å²) in [5.74, 6) is 4.62. The van der Waals surface area contributed by atoms with Gasteiger partial charge < -0.3 is 11.1 Å². The molecule has 21 heavy (non-hydrogen) atoms. The van der Waals surface area contributed by atoms with Gasteiger partial charge in [-0.3, -0.25) is 4.79 Å². The van der Waals surface area contributed by atoms with E-state index >= 15 is 0 Å². The third-order valence-corrected chi connectivity index (χ3v) is 4.29. The fourth-order valence-electron chi connectivity index (χ4n) is 1.67. The second-order valence-corrected chi connectivity index (χ2v) is 6.02. The van der Waals surface area contributed by atoms with E-state index in [-0.39, 0.29) is 12.5 Å². The molecule has 1 heterocycles. The molecule has 1 amide bonds. The van der Waals surface area contributed by atoms with Crippen LogP contribution < -0.4 is 11.1 Å². The molecule has 108 valence electrons. The lowest BCUT2D eigenvalue weighted by Crippen LogP contribution is -2.23. The maximum absolute atomic E-state index is 13.3. The minimum absolute atomic E-state index is 0.154. The standard InChI is InChI=1S/C15H12BrFN2OS/c16-11-7-13(21-9-11)8-19-15(20)14-4-3-12(17)6-10(14)2-1-5-18/h3-4,6-7,9H,5,8,18H2,(H,19,20). The quantitative estimate of drug-likeness (QED) is 0.820. The number of hydrogen-bond donors (Lipinski definition) is 2. The third-order valence-electron chi connectivity index (χ3n) is 2.60. The monoisotopic (exact) mass is 366 g/mol. The summed E-state index contributed by atoms with van der Waals surface area (Å²) in [5, 5.41) is 4.74. The smallest absolute Gasteiger partial charge is 0.252 e. The van der Waals surface area contributed by atoms with E-state index in [1.54, 1.807) is 11.3 Å². The number of rotatable bonds is 3. The van der Waals surface area contributed by atoms with E-state index in [9.17, 15) is 9.18 Å². The first-order valence-corrected chi connectivity index (χ1v) is 7.77. The number of halogens is 2. The Labute approximate surface area is 134 Å². The summed E-state index contributed by atoms with van der Waals surface area (Å²) in [6, 6.07) is 5.84. The van der Waals surface area contributed by atoms with E-state index in [4.69, 9.17) is 5.73 Å². The number of amides is 1. The lowest BCUT2D eigenvalue weighted by Gasteiger charge is -2.06. The molecule has 0 aliphatic rings.